The third kappa shape index (κ3) is 1.40. The molecular weight excluding hydrogens is 202 g/mol. The Kier molecular flexibility index (Phi) is 2.26. The fourth-order valence-electron chi connectivity index (χ4n) is 2.57. The van der Waals surface area contributed by atoms with Gasteiger partial charge in [-0.15, -0.1) is 11.3 Å². The van der Waals surface area contributed by atoms with E-state index in [1.54, 1.807) is 0 Å². The van der Waals surface area contributed by atoms with E-state index in [2.05, 4.69) is 29.6 Å². The highest BCUT2D eigenvalue weighted by Crippen LogP contribution is 2.45. The maximum atomic E-state index is 5.78. The van der Waals surface area contributed by atoms with Gasteiger partial charge in [0.2, 0.25) is 0 Å². The van der Waals surface area contributed by atoms with Crippen LogP contribution in [0.15, 0.2) is 29.6 Å². The van der Waals surface area contributed by atoms with E-state index in [0.717, 1.165) is 18.4 Å². The highest BCUT2D eigenvalue weighted by atomic mass is 32.1. The van der Waals surface area contributed by atoms with E-state index in [-0.39, 0.29) is 0 Å². The lowest BCUT2D eigenvalue weighted by Crippen LogP contribution is -2.30. The lowest BCUT2D eigenvalue weighted by Gasteiger charge is -2.36. The summed E-state index contributed by atoms with van der Waals surface area (Å²) in [6, 6.07) is 8.87. The van der Waals surface area contributed by atoms with Crippen LogP contribution in [-0.2, 0) is 0 Å². The van der Waals surface area contributed by atoms with E-state index in [1.807, 2.05) is 11.3 Å². The summed E-state index contributed by atoms with van der Waals surface area (Å²) in [5.74, 6) is 1.44. The van der Waals surface area contributed by atoms with E-state index >= 15 is 0 Å². The first-order valence-electron chi connectivity index (χ1n) is 5.56. The Balaban J connectivity index is 2.06. The molecule has 2 unspecified atom stereocenters. The molecule has 1 heterocycles. The Morgan fingerprint density at radius 1 is 1.27 bits per heavy atom. The number of fused-ring (bicyclic) bond motifs is 1. The predicted octanol–water partition coefficient (Wildman–Crippen LogP) is 3.35. The van der Waals surface area contributed by atoms with Crippen LogP contribution < -0.4 is 5.73 Å². The van der Waals surface area contributed by atoms with Crippen LogP contribution in [0.5, 0.6) is 0 Å². The summed E-state index contributed by atoms with van der Waals surface area (Å²) in [7, 11) is 0. The molecule has 0 spiro atoms. The molecule has 1 nitrogen and oxygen atoms in total. The lowest BCUT2D eigenvalue weighted by atomic mass is 9.70. The topological polar surface area (TPSA) is 26.0 Å². The van der Waals surface area contributed by atoms with Crippen molar-refractivity contribution in [3.05, 3.63) is 35.2 Å². The van der Waals surface area contributed by atoms with Crippen molar-refractivity contribution in [1.82, 2.24) is 0 Å². The summed E-state index contributed by atoms with van der Waals surface area (Å²) >= 11 is 1.86. The van der Waals surface area contributed by atoms with Gasteiger partial charge in [-0.1, -0.05) is 18.2 Å². The van der Waals surface area contributed by atoms with Gasteiger partial charge >= 0.3 is 0 Å². The normalized spacial score (nSPS) is 25.4. The second kappa shape index (κ2) is 3.62. The largest absolute Gasteiger partial charge is 0.330 e. The first-order valence-corrected chi connectivity index (χ1v) is 6.44. The third-order valence-corrected chi connectivity index (χ3v) is 4.61. The molecule has 0 radical (unpaired) electrons. The van der Waals surface area contributed by atoms with E-state index in [1.165, 1.54) is 28.5 Å². The number of rotatable bonds is 2. The molecule has 3 rings (SSSR count). The van der Waals surface area contributed by atoms with Gasteiger partial charge in [-0.25, -0.2) is 0 Å². The Hall–Kier alpha value is -0.860. The summed E-state index contributed by atoms with van der Waals surface area (Å²) in [6.45, 7) is 0.840. The zero-order valence-electron chi connectivity index (χ0n) is 8.65. The molecule has 1 fully saturated rings. The summed E-state index contributed by atoms with van der Waals surface area (Å²) in [5, 5.41) is 3.57. The molecule has 15 heavy (non-hydrogen) atoms. The van der Waals surface area contributed by atoms with Crippen LogP contribution in [0.4, 0.5) is 0 Å². The quantitative estimate of drug-likeness (QED) is 0.820. The van der Waals surface area contributed by atoms with Gasteiger partial charge in [-0.05, 0) is 53.6 Å². The van der Waals surface area contributed by atoms with E-state index < -0.39 is 0 Å². The van der Waals surface area contributed by atoms with E-state index in [0.29, 0.717) is 0 Å². The first-order chi connectivity index (χ1) is 7.40. The van der Waals surface area contributed by atoms with Crippen molar-refractivity contribution in [3.63, 3.8) is 0 Å². The molecule has 0 aliphatic heterocycles. The minimum atomic E-state index is 0.720. The standard InChI is InChI=1S/C13H15NS/c14-8-10-4-5-11(10)12-3-1-2-9-6-7-15-13(9)12/h1-3,6-7,10-11H,4-5,8,14H2. The number of benzene rings is 1. The fraction of sp³-hybridized carbons (Fsp3) is 0.385. The van der Waals surface area contributed by atoms with E-state index in [4.69, 9.17) is 5.73 Å². The van der Waals surface area contributed by atoms with Crippen molar-refractivity contribution in [2.45, 2.75) is 18.8 Å². The van der Waals surface area contributed by atoms with Gasteiger partial charge in [-0.2, -0.15) is 0 Å². The van der Waals surface area contributed by atoms with Gasteiger partial charge in [0.1, 0.15) is 0 Å². The number of nitrogens with two attached hydrogens (primary N) is 1. The second-order valence-electron chi connectivity index (χ2n) is 4.37. The van der Waals surface area contributed by atoms with Gasteiger partial charge < -0.3 is 5.73 Å². The van der Waals surface area contributed by atoms with Gasteiger partial charge in [0, 0.05) is 4.70 Å². The van der Waals surface area contributed by atoms with E-state index in [9.17, 15) is 0 Å². The Morgan fingerprint density at radius 3 is 2.93 bits per heavy atom. The van der Waals surface area contributed by atoms with Crippen LogP contribution in [0, 0.1) is 5.92 Å². The molecule has 1 aliphatic carbocycles. The average molecular weight is 217 g/mol. The van der Waals surface area contributed by atoms with Crippen molar-refractivity contribution in [2.75, 3.05) is 6.54 Å². The maximum Gasteiger partial charge on any atom is 0.0377 e. The highest BCUT2D eigenvalue weighted by Gasteiger charge is 2.31. The number of hydrogen-bond acceptors (Lipinski definition) is 2. The molecule has 1 saturated carbocycles. The molecule has 2 atom stereocenters. The van der Waals surface area contributed by atoms with Crippen molar-refractivity contribution in [2.24, 2.45) is 11.7 Å². The van der Waals surface area contributed by atoms with Crippen LogP contribution in [0.2, 0.25) is 0 Å². The zero-order chi connectivity index (χ0) is 10.3. The van der Waals surface area contributed by atoms with Gasteiger partial charge in [0.05, 0.1) is 0 Å². The molecule has 2 aromatic rings. The third-order valence-electron chi connectivity index (χ3n) is 3.63. The van der Waals surface area contributed by atoms with Crippen molar-refractivity contribution in [3.8, 4) is 0 Å². The molecule has 0 amide bonds. The van der Waals surface area contributed by atoms with Crippen LogP contribution in [-0.4, -0.2) is 6.54 Å². The van der Waals surface area contributed by atoms with Crippen LogP contribution in [0.25, 0.3) is 10.1 Å². The zero-order valence-corrected chi connectivity index (χ0v) is 9.46. The van der Waals surface area contributed by atoms with Gasteiger partial charge in [-0.3, -0.25) is 0 Å². The Bertz CT molecular complexity index is 472. The molecule has 78 valence electrons. The molecule has 1 aromatic carbocycles. The molecule has 0 bridgehead atoms. The van der Waals surface area contributed by atoms with Gasteiger partial charge in [0.15, 0.2) is 0 Å². The monoisotopic (exact) mass is 217 g/mol. The van der Waals surface area contributed by atoms with Gasteiger partial charge in [0.25, 0.3) is 0 Å². The number of hydrogen-bond donors (Lipinski definition) is 1. The summed E-state index contributed by atoms with van der Waals surface area (Å²) < 4.78 is 1.47. The molecule has 1 aliphatic rings. The SMILES string of the molecule is NCC1CCC1c1cccc2ccsc12. The minimum absolute atomic E-state index is 0.720. The summed E-state index contributed by atoms with van der Waals surface area (Å²) in [5.41, 5.74) is 7.32. The fourth-order valence-corrected chi connectivity index (χ4v) is 3.55. The van der Waals surface area contributed by atoms with Crippen molar-refractivity contribution >= 4 is 21.4 Å². The molecule has 2 heteroatoms. The molecule has 0 saturated heterocycles. The predicted molar refractivity (Wildman–Crippen MR) is 66.3 cm³/mol. The highest BCUT2D eigenvalue weighted by molar-refractivity contribution is 7.17. The van der Waals surface area contributed by atoms with Crippen LogP contribution in [0.1, 0.15) is 24.3 Å². The molecule has 2 N–H and O–H groups in total. The van der Waals surface area contributed by atoms with Crippen LogP contribution in [0.3, 0.4) is 0 Å². The number of thiophene rings is 1. The Labute approximate surface area is 93.9 Å². The summed E-state index contributed by atoms with van der Waals surface area (Å²) in [4.78, 5) is 0. The summed E-state index contributed by atoms with van der Waals surface area (Å²) in [6.07, 6.45) is 2.63. The Morgan fingerprint density at radius 2 is 2.20 bits per heavy atom. The molecule has 1 aromatic heterocycles. The molecular formula is C13H15NS. The first kappa shape index (κ1) is 9.37. The average Bonchev–Trinajstić information content (AvgIpc) is 2.65. The minimum Gasteiger partial charge on any atom is -0.330 e. The second-order valence-corrected chi connectivity index (χ2v) is 5.28. The van der Waals surface area contributed by atoms with Crippen LogP contribution >= 0.6 is 11.3 Å². The smallest absolute Gasteiger partial charge is 0.0377 e. The van der Waals surface area contributed by atoms with Crippen molar-refractivity contribution < 1.29 is 0 Å². The lowest BCUT2D eigenvalue weighted by molar-refractivity contribution is 0.265. The van der Waals surface area contributed by atoms with Crippen molar-refractivity contribution in [1.29, 1.82) is 0 Å². The maximum absolute atomic E-state index is 5.78.